The van der Waals surface area contributed by atoms with Crippen molar-refractivity contribution in [3.8, 4) is 22.7 Å². The monoisotopic (exact) mass is 601 g/mol. The van der Waals surface area contributed by atoms with E-state index in [-0.39, 0.29) is 5.91 Å². The number of unbranched alkanes of at least 4 members (excludes halogenated alkanes) is 4. The largest absolute Gasteiger partial charge is 0.489 e. The van der Waals surface area contributed by atoms with Gasteiger partial charge in [-0.15, -0.1) is 0 Å². The van der Waals surface area contributed by atoms with Crippen molar-refractivity contribution in [2.75, 3.05) is 6.54 Å². The molecule has 0 saturated carbocycles. The molecule has 5 rings (SSSR count). The van der Waals surface area contributed by atoms with E-state index < -0.39 is 0 Å². The van der Waals surface area contributed by atoms with Gasteiger partial charge >= 0.3 is 0 Å². The van der Waals surface area contributed by atoms with Crippen LogP contribution >= 0.6 is 35.6 Å². The normalized spacial score (nSPS) is 14.3. The molecule has 4 aromatic rings. The van der Waals surface area contributed by atoms with Crippen LogP contribution in [-0.2, 0) is 11.4 Å². The fourth-order valence-corrected chi connectivity index (χ4v) is 6.11. The lowest BCUT2D eigenvalue weighted by Gasteiger charge is -2.13. The van der Waals surface area contributed by atoms with Gasteiger partial charge in [0.05, 0.1) is 16.3 Å². The average molecular weight is 602 g/mol. The first-order valence-corrected chi connectivity index (χ1v) is 15.5. The predicted molar refractivity (Wildman–Crippen MR) is 173 cm³/mol. The van der Waals surface area contributed by atoms with Gasteiger partial charge in [-0.25, -0.2) is 4.68 Å². The number of carbonyl (C=O) groups excluding carboxylic acids is 1. The van der Waals surface area contributed by atoms with Crippen molar-refractivity contribution in [3.63, 3.8) is 0 Å². The molecule has 5 nitrogen and oxygen atoms in total. The third-order valence-corrected chi connectivity index (χ3v) is 8.64. The van der Waals surface area contributed by atoms with Gasteiger partial charge in [-0.3, -0.25) is 9.69 Å². The van der Waals surface area contributed by atoms with Crippen LogP contribution in [0.5, 0.6) is 5.75 Å². The van der Waals surface area contributed by atoms with Gasteiger partial charge in [-0.1, -0.05) is 105 Å². The van der Waals surface area contributed by atoms with Gasteiger partial charge in [-0.05, 0) is 55.0 Å². The molecule has 0 radical (unpaired) electrons. The van der Waals surface area contributed by atoms with E-state index in [4.69, 9.17) is 33.7 Å². The maximum absolute atomic E-state index is 13.3. The van der Waals surface area contributed by atoms with Crippen molar-refractivity contribution in [1.29, 1.82) is 0 Å². The lowest BCUT2D eigenvalue weighted by atomic mass is 10.1. The first-order valence-electron chi connectivity index (χ1n) is 13.9. The van der Waals surface area contributed by atoms with Crippen molar-refractivity contribution < 1.29 is 9.53 Å². The topological polar surface area (TPSA) is 47.4 Å². The lowest BCUT2D eigenvalue weighted by molar-refractivity contribution is -0.122. The molecule has 0 atom stereocenters. The second kappa shape index (κ2) is 14.0. The number of benzene rings is 3. The molecule has 3 aromatic carbocycles. The number of ether oxygens (including phenoxy) is 1. The Balaban J connectivity index is 1.38. The van der Waals surface area contributed by atoms with Crippen LogP contribution in [0, 0.1) is 0 Å². The zero-order valence-electron chi connectivity index (χ0n) is 23.0. The minimum atomic E-state index is -0.0303. The fourth-order valence-electron chi connectivity index (χ4n) is 4.62. The number of nitrogens with zero attached hydrogens (tertiary/aromatic N) is 3. The van der Waals surface area contributed by atoms with Crippen LogP contribution < -0.4 is 4.74 Å². The summed E-state index contributed by atoms with van der Waals surface area (Å²) in [4.78, 5) is 15.7. The summed E-state index contributed by atoms with van der Waals surface area (Å²) in [5.74, 6) is 0.703. The van der Waals surface area contributed by atoms with E-state index in [9.17, 15) is 4.79 Å². The van der Waals surface area contributed by atoms with E-state index in [1.165, 1.54) is 31.0 Å². The van der Waals surface area contributed by atoms with Crippen LogP contribution in [0.3, 0.4) is 0 Å². The van der Waals surface area contributed by atoms with Crippen molar-refractivity contribution in [2.45, 2.75) is 45.6 Å². The molecule has 0 spiro atoms. The highest BCUT2D eigenvalue weighted by molar-refractivity contribution is 8.26. The minimum Gasteiger partial charge on any atom is -0.489 e. The van der Waals surface area contributed by atoms with Crippen LogP contribution in [0.2, 0.25) is 5.02 Å². The van der Waals surface area contributed by atoms with E-state index in [2.05, 4.69) is 6.92 Å². The molecular formula is C33H32ClN3O2S2. The Morgan fingerprint density at radius 3 is 2.44 bits per heavy atom. The van der Waals surface area contributed by atoms with E-state index in [0.717, 1.165) is 46.7 Å². The SMILES string of the molecule is CCCCCCCN1C(=O)C(=Cc2cn(-c3ccccc3)nc2-c2ccc(OCc3ccccc3Cl)cc2)SC1=S. The van der Waals surface area contributed by atoms with Crippen molar-refractivity contribution in [3.05, 3.63) is 106 Å². The number of para-hydroxylation sites is 1. The second-order valence-electron chi connectivity index (χ2n) is 9.87. The summed E-state index contributed by atoms with van der Waals surface area (Å²) >= 11 is 13.2. The number of thiocarbonyl (C=S) groups is 1. The maximum atomic E-state index is 13.3. The number of carbonyl (C=O) groups is 1. The van der Waals surface area contributed by atoms with Gasteiger partial charge in [-0.2, -0.15) is 5.10 Å². The van der Waals surface area contributed by atoms with Gasteiger partial charge in [0.1, 0.15) is 16.7 Å². The molecule has 1 amide bonds. The molecule has 0 bridgehead atoms. The highest BCUT2D eigenvalue weighted by atomic mass is 35.5. The number of amides is 1. The van der Waals surface area contributed by atoms with Crippen molar-refractivity contribution in [1.82, 2.24) is 14.7 Å². The fraction of sp³-hybridized carbons (Fsp3) is 0.242. The van der Waals surface area contributed by atoms with Crippen molar-refractivity contribution in [2.24, 2.45) is 0 Å². The molecule has 8 heteroatoms. The molecule has 1 aromatic heterocycles. The maximum Gasteiger partial charge on any atom is 0.266 e. The summed E-state index contributed by atoms with van der Waals surface area (Å²) in [6.07, 6.45) is 9.55. The number of thioether (sulfide) groups is 1. The number of hydrogen-bond acceptors (Lipinski definition) is 5. The van der Waals surface area contributed by atoms with Crippen LogP contribution in [0.4, 0.5) is 0 Å². The van der Waals surface area contributed by atoms with Crippen LogP contribution in [0.1, 0.15) is 50.2 Å². The predicted octanol–water partition coefficient (Wildman–Crippen LogP) is 8.94. The Morgan fingerprint density at radius 2 is 1.68 bits per heavy atom. The quantitative estimate of drug-likeness (QED) is 0.0921. The summed E-state index contributed by atoms with van der Waals surface area (Å²) in [6.45, 7) is 3.25. The number of aromatic nitrogens is 2. The second-order valence-corrected chi connectivity index (χ2v) is 11.9. The first-order chi connectivity index (χ1) is 20.0. The van der Waals surface area contributed by atoms with Gasteiger partial charge in [0.15, 0.2) is 0 Å². The smallest absolute Gasteiger partial charge is 0.266 e. The molecule has 210 valence electrons. The van der Waals surface area contributed by atoms with E-state index >= 15 is 0 Å². The Bertz CT molecular complexity index is 1530. The zero-order valence-corrected chi connectivity index (χ0v) is 25.4. The molecule has 1 fully saturated rings. The number of halogens is 1. The Kier molecular flexibility index (Phi) is 9.93. The molecule has 1 saturated heterocycles. The third kappa shape index (κ3) is 7.28. The highest BCUT2D eigenvalue weighted by Crippen LogP contribution is 2.35. The molecule has 1 aliphatic heterocycles. The van der Waals surface area contributed by atoms with E-state index in [1.807, 2.05) is 95.8 Å². The number of rotatable bonds is 12. The highest BCUT2D eigenvalue weighted by Gasteiger charge is 2.32. The Labute approximate surface area is 256 Å². The van der Waals surface area contributed by atoms with E-state index in [0.29, 0.717) is 27.4 Å². The molecule has 2 heterocycles. The Hall–Kier alpha value is -3.39. The summed E-state index contributed by atoms with van der Waals surface area (Å²) < 4.78 is 8.44. The van der Waals surface area contributed by atoms with E-state index in [1.54, 1.807) is 4.90 Å². The molecule has 0 aliphatic carbocycles. The minimum absolute atomic E-state index is 0.0303. The summed E-state index contributed by atoms with van der Waals surface area (Å²) in [5.41, 5.74) is 4.41. The standard InChI is InChI=1S/C33H32ClN3O2S2/c1-2-3-4-5-11-20-36-32(38)30(41-33(36)40)21-26-22-37(27-13-7-6-8-14-27)35-31(26)24-16-18-28(19-17-24)39-23-25-12-9-10-15-29(25)34/h6-10,12-19,21-22H,2-5,11,20,23H2,1H3. The van der Waals surface area contributed by atoms with Crippen LogP contribution in [-0.4, -0.2) is 31.5 Å². The van der Waals surface area contributed by atoms with Crippen LogP contribution in [0.15, 0.2) is 90.0 Å². The zero-order chi connectivity index (χ0) is 28.6. The van der Waals surface area contributed by atoms with Gasteiger partial charge in [0, 0.05) is 34.5 Å². The summed E-state index contributed by atoms with van der Waals surface area (Å²) in [6, 6.07) is 25.4. The lowest BCUT2D eigenvalue weighted by Crippen LogP contribution is -2.29. The van der Waals surface area contributed by atoms with Crippen molar-refractivity contribution >= 4 is 51.9 Å². The van der Waals surface area contributed by atoms with Crippen LogP contribution in [0.25, 0.3) is 23.0 Å². The number of hydrogen-bond donors (Lipinski definition) is 0. The molecule has 0 N–H and O–H groups in total. The third-order valence-electron chi connectivity index (χ3n) is 6.89. The average Bonchev–Trinajstić information content (AvgIpc) is 3.53. The molecule has 1 aliphatic rings. The van der Waals surface area contributed by atoms with Gasteiger partial charge in [0.25, 0.3) is 5.91 Å². The molecule has 0 unspecified atom stereocenters. The molecular weight excluding hydrogens is 570 g/mol. The Morgan fingerprint density at radius 1 is 0.951 bits per heavy atom. The van der Waals surface area contributed by atoms with Gasteiger partial charge in [0.2, 0.25) is 0 Å². The molecule has 41 heavy (non-hydrogen) atoms. The summed E-state index contributed by atoms with van der Waals surface area (Å²) in [7, 11) is 0. The summed E-state index contributed by atoms with van der Waals surface area (Å²) in [5, 5.41) is 5.60. The van der Waals surface area contributed by atoms with Gasteiger partial charge < -0.3 is 4.74 Å². The first kappa shape index (κ1) is 29.1.